The molecule has 0 aliphatic heterocycles. The lowest BCUT2D eigenvalue weighted by Gasteiger charge is -2.06. The molecule has 1 aliphatic carbocycles. The standard InChI is InChI=1S/C13H23N3O/c1-10(8-9-14)6-7-12-15-13(16-17-12)11-4-2-3-5-11/h10-11H,2-9,14H2,1H3. The molecule has 17 heavy (non-hydrogen) atoms. The maximum absolute atomic E-state index is 5.53. The van der Waals surface area contributed by atoms with Gasteiger partial charge >= 0.3 is 0 Å². The Morgan fingerprint density at radius 1 is 1.35 bits per heavy atom. The highest BCUT2D eigenvalue weighted by Gasteiger charge is 2.22. The van der Waals surface area contributed by atoms with Gasteiger partial charge in [0.25, 0.3) is 0 Å². The zero-order valence-electron chi connectivity index (χ0n) is 10.7. The second-order valence-electron chi connectivity index (χ2n) is 5.25. The Kier molecular flexibility index (Phi) is 4.54. The summed E-state index contributed by atoms with van der Waals surface area (Å²) < 4.78 is 5.31. The van der Waals surface area contributed by atoms with Gasteiger partial charge in [-0.15, -0.1) is 0 Å². The van der Waals surface area contributed by atoms with Gasteiger partial charge in [0.1, 0.15) is 0 Å². The summed E-state index contributed by atoms with van der Waals surface area (Å²) in [7, 11) is 0. The zero-order valence-corrected chi connectivity index (χ0v) is 10.7. The van der Waals surface area contributed by atoms with Crippen molar-refractivity contribution in [2.75, 3.05) is 6.54 Å². The highest BCUT2D eigenvalue weighted by molar-refractivity contribution is 4.97. The lowest BCUT2D eigenvalue weighted by atomic mass is 10.0. The molecule has 4 nitrogen and oxygen atoms in total. The van der Waals surface area contributed by atoms with Crippen LogP contribution in [0.5, 0.6) is 0 Å². The second kappa shape index (κ2) is 6.15. The fraction of sp³-hybridized carbons (Fsp3) is 0.846. The molecule has 2 N–H and O–H groups in total. The van der Waals surface area contributed by atoms with Crippen LogP contribution in [0.3, 0.4) is 0 Å². The maximum atomic E-state index is 5.53. The maximum Gasteiger partial charge on any atom is 0.226 e. The molecule has 1 fully saturated rings. The summed E-state index contributed by atoms with van der Waals surface area (Å²) >= 11 is 0. The van der Waals surface area contributed by atoms with E-state index in [0.29, 0.717) is 11.8 Å². The van der Waals surface area contributed by atoms with E-state index in [9.17, 15) is 0 Å². The van der Waals surface area contributed by atoms with Gasteiger partial charge in [-0.05, 0) is 38.1 Å². The minimum atomic E-state index is 0.550. The molecule has 1 heterocycles. The first-order valence-electron chi connectivity index (χ1n) is 6.82. The minimum absolute atomic E-state index is 0.550. The van der Waals surface area contributed by atoms with E-state index in [0.717, 1.165) is 37.5 Å². The van der Waals surface area contributed by atoms with Crippen LogP contribution >= 0.6 is 0 Å². The molecule has 2 rings (SSSR count). The highest BCUT2D eigenvalue weighted by atomic mass is 16.5. The number of nitrogens with two attached hydrogens (primary N) is 1. The van der Waals surface area contributed by atoms with Crippen molar-refractivity contribution in [3.8, 4) is 0 Å². The molecular weight excluding hydrogens is 214 g/mol. The Bertz CT molecular complexity index is 331. The third-order valence-corrected chi connectivity index (χ3v) is 3.71. The number of nitrogens with zero attached hydrogens (tertiary/aromatic N) is 2. The number of aryl methyl sites for hydroxylation is 1. The van der Waals surface area contributed by atoms with Crippen molar-refractivity contribution >= 4 is 0 Å². The first-order valence-corrected chi connectivity index (χ1v) is 6.82. The van der Waals surface area contributed by atoms with Crippen LogP contribution < -0.4 is 5.73 Å². The van der Waals surface area contributed by atoms with Crippen LogP contribution in [0, 0.1) is 5.92 Å². The normalized spacial score (nSPS) is 18.7. The van der Waals surface area contributed by atoms with Gasteiger partial charge in [-0.1, -0.05) is 24.9 Å². The second-order valence-corrected chi connectivity index (χ2v) is 5.25. The minimum Gasteiger partial charge on any atom is -0.339 e. The highest BCUT2D eigenvalue weighted by Crippen LogP contribution is 2.32. The first-order chi connectivity index (χ1) is 8.29. The molecular formula is C13H23N3O. The number of aromatic nitrogens is 2. The van der Waals surface area contributed by atoms with E-state index in [1.807, 2.05) is 0 Å². The van der Waals surface area contributed by atoms with Crippen molar-refractivity contribution in [2.24, 2.45) is 11.7 Å². The molecule has 0 spiro atoms. The SMILES string of the molecule is CC(CCN)CCc1nc(C2CCCC2)no1. The van der Waals surface area contributed by atoms with Crippen LogP contribution in [-0.4, -0.2) is 16.7 Å². The van der Waals surface area contributed by atoms with E-state index in [-0.39, 0.29) is 0 Å². The molecule has 96 valence electrons. The number of hydrogen-bond acceptors (Lipinski definition) is 4. The van der Waals surface area contributed by atoms with Gasteiger partial charge in [-0.2, -0.15) is 4.98 Å². The predicted molar refractivity (Wildman–Crippen MR) is 66.7 cm³/mol. The molecule has 0 aromatic carbocycles. The molecule has 1 aromatic heterocycles. The van der Waals surface area contributed by atoms with Crippen LogP contribution in [0.4, 0.5) is 0 Å². The fourth-order valence-electron chi connectivity index (χ4n) is 2.52. The molecule has 1 aliphatic rings. The number of hydrogen-bond donors (Lipinski definition) is 1. The third kappa shape index (κ3) is 3.53. The Labute approximate surface area is 103 Å². The molecule has 1 atom stereocenters. The molecule has 0 radical (unpaired) electrons. The lowest BCUT2D eigenvalue weighted by molar-refractivity contribution is 0.355. The van der Waals surface area contributed by atoms with Crippen LogP contribution in [0.15, 0.2) is 4.52 Å². The quantitative estimate of drug-likeness (QED) is 0.826. The van der Waals surface area contributed by atoms with E-state index in [1.54, 1.807) is 0 Å². The molecule has 4 heteroatoms. The molecule has 0 amide bonds. The van der Waals surface area contributed by atoms with Gasteiger partial charge in [-0.3, -0.25) is 0 Å². The molecule has 0 saturated heterocycles. The van der Waals surface area contributed by atoms with E-state index in [2.05, 4.69) is 17.1 Å². The van der Waals surface area contributed by atoms with E-state index < -0.39 is 0 Å². The van der Waals surface area contributed by atoms with Crippen molar-refractivity contribution in [1.29, 1.82) is 0 Å². The fourth-order valence-corrected chi connectivity index (χ4v) is 2.52. The predicted octanol–water partition coefficient (Wildman–Crippen LogP) is 2.64. The Morgan fingerprint density at radius 3 is 2.82 bits per heavy atom. The van der Waals surface area contributed by atoms with Gasteiger partial charge in [0.2, 0.25) is 5.89 Å². The smallest absolute Gasteiger partial charge is 0.226 e. The van der Waals surface area contributed by atoms with Crippen LogP contribution in [0.25, 0.3) is 0 Å². The first kappa shape index (κ1) is 12.6. The van der Waals surface area contributed by atoms with Gasteiger partial charge in [0.05, 0.1) is 0 Å². The average molecular weight is 237 g/mol. The topological polar surface area (TPSA) is 64.9 Å². The third-order valence-electron chi connectivity index (χ3n) is 3.71. The van der Waals surface area contributed by atoms with Crippen molar-refractivity contribution in [1.82, 2.24) is 10.1 Å². The largest absolute Gasteiger partial charge is 0.339 e. The summed E-state index contributed by atoms with van der Waals surface area (Å²) in [6.45, 7) is 2.99. The molecule has 0 bridgehead atoms. The Morgan fingerprint density at radius 2 is 2.12 bits per heavy atom. The molecule has 1 unspecified atom stereocenters. The average Bonchev–Trinajstić information content (AvgIpc) is 2.97. The van der Waals surface area contributed by atoms with Gasteiger partial charge < -0.3 is 10.3 Å². The van der Waals surface area contributed by atoms with E-state index >= 15 is 0 Å². The van der Waals surface area contributed by atoms with Crippen LogP contribution in [0.1, 0.15) is 63.1 Å². The van der Waals surface area contributed by atoms with E-state index in [4.69, 9.17) is 10.3 Å². The van der Waals surface area contributed by atoms with Crippen LogP contribution in [-0.2, 0) is 6.42 Å². The van der Waals surface area contributed by atoms with Crippen molar-refractivity contribution in [3.05, 3.63) is 11.7 Å². The van der Waals surface area contributed by atoms with Crippen molar-refractivity contribution in [2.45, 2.75) is 57.8 Å². The Balaban J connectivity index is 1.81. The summed E-state index contributed by atoms with van der Waals surface area (Å²) in [6, 6.07) is 0. The lowest BCUT2D eigenvalue weighted by Crippen LogP contribution is -2.06. The van der Waals surface area contributed by atoms with Crippen LogP contribution in [0.2, 0.25) is 0 Å². The van der Waals surface area contributed by atoms with Gasteiger partial charge in [-0.25, -0.2) is 0 Å². The Hall–Kier alpha value is -0.900. The van der Waals surface area contributed by atoms with Gasteiger partial charge in [0.15, 0.2) is 5.82 Å². The summed E-state index contributed by atoms with van der Waals surface area (Å²) in [6.07, 6.45) is 8.11. The summed E-state index contributed by atoms with van der Waals surface area (Å²) in [5, 5.41) is 4.11. The zero-order chi connectivity index (χ0) is 12.1. The van der Waals surface area contributed by atoms with Gasteiger partial charge in [0, 0.05) is 12.3 Å². The summed E-state index contributed by atoms with van der Waals surface area (Å²) in [5.41, 5.74) is 5.53. The molecule has 1 saturated carbocycles. The monoisotopic (exact) mass is 237 g/mol. The number of rotatable bonds is 6. The van der Waals surface area contributed by atoms with E-state index in [1.165, 1.54) is 25.7 Å². The summed E-state index contributed by atoms with van der Waals surface area (Å²) in [5.74, 6) is 2.93. The van der Waals surface area contributed by atoms with Crippen molar-refractivity contribution < 1.29 is 4.52 Å². The van der Waals surface area contributed by atoms with Crippen molar-refractivity contribution in [3.63, 3.8) is 0 Å². The molecule has 1 aromatic rings. The summed E-state index contributed by atoms with van der Waals surface area (Å²) in [4.78, 5) is 4.52.